The summed E-state index contributed by atoms with van der Waals surface area (Å²) >= 11 is 0. The molecular formula is C70H42N2. The van der Waals surface area contributed by atoms with Gasteiger partial charge in [-0.1, -0.05) is 218 Å². The molecule has 0 unspecified atom stereocenters. The molecule has 0 bridgehead atoms. The van der Waals surface area contributed by atoms with Crippen LogP contribution in [0.15, 0.2) is 255 Å². The van der Waals surface area contributed by atoms with E-state index in [0.29, 0.717) is 0 Å². The maximum Gasteiger partial charge on any atom is 0.0794 e. The summed E-state index contributed by atoms with van der Waals surface area (Å²) in [7, 11) is 0. The first kappa shape index (κ1) is 40.4. The molecule has 2 aromatic heterocycles. The van der Waals surface area contributed by atoms with E-state index in [4.69, 9.17) is 9.97 Å². The first-order valence-corrected chi connectivity index (χ1v) is 24.8. The molecule has 0 aliphatic carbocycles. The van der Waals surface area contributed by atoms with Gasteiger partial charge in [-0.25, -0.2) is 9.97 Å². The average Bonchev–Trinajstić information content (AvgIpc) is 3.46. The van der Waals surface area contributed by atoms with Gasteiger partial charge < -0.3 is 0 Å². The maximum absolute atomic E-state index is 5.69. The molecular weight excluding hydrogens is 869 g/mol. The molecule has 2 heterocycles. The molecule has 332 valence electrons. The van der Waals surface area contributed by atoms with Gasteiger partial charge in [-0.2, -0.15) is 0 Å². The van der Waals surface area contributed by atoms with Crippen molar-refractivity contribution < 1.29 is 0 Å². The molecule has 15 rings (SSSR count). The predicted molar refractivity (Wildman–Crippen MR) is 307 cm³/mol. The van der Waals surface area contributed by atoms with Crippen LogP contribution in [0.2, 0.25) is 0 Å². The van der Waals surface area contributed by atoms with Crippen molar-refractivity contribution in [2.45, 2.75) is 0 Å². The number of para-hydroxylation sites is 1. The number of hydrogen-bond acceptors (Lipinski definition) is 2. The second kappa shape index (κ2) is 16.0. The number of rotatable bonds is 5. The molecule has 0 N–H and O–H groups in total. The first-order valence-electron chi connectivity index (χ1n) is 24.8. The Morgan fingerprint density at radius 1 is 0.181 bits per heavy atom. The zero-order valence-electron chi connectivity index (χ0n) is 39.1. The molecule has 13 aromatic carbocycles. The highest BCUT2D eigenvalue weighted by Gasteiger charge is 2.19. The summed E-state index contributed by atoms with van der Waals surface area (Å²) in [4.78, 5) is 10.9. The van der Waals surface area contributed by atoms with Gasteiger partial charge in [-0.3, -0.25) is 0 Å². The van der Waals surface area contributed by atoms with Gasteiger partial charge in [-0.15, -0.1) is 0 Å². The third-order valence-corrected chi connectivity index (χ3v) is 15.2. The molecule has 0 amide bonds. The Bertz CT molecular complexity index is 4650. The Hall–Kier alpha value is -9.50. The predicted octanol–water partition coefficient (Wildman–Crippen LogP) is 19.2. The molecule has 2 heteroatoms. The molecule has 0 atom stereocenters. The number of pyridine rings is 2. The minimum Gasteiger partial charge on any atom is -0.248 e. The van der Waals surface area contributed by atoms with Crippen molar-refractivity contribution in [1.82, 2.24) is 9.97 Å². The molecule has 0 saturated heterocycles. The van der Waals surface area contributed by atoms with Crippen LogP contribution in [-0.2, 0) is 0 Å². The molecule has 15 aromatic rings. The van der Waals surface area contributed by atoms with E-state index >= 15 is 0 Å². The van der Waals surface area contributed by atoms with Crippen LogP contribution in [0.4, 0.5) is 0 Å². The molecule has 0 fully saturated rings. The van der Waals surface area contributed by atoms with Crippen LogP contribution in [-0.4, -0.2) is 9.97 Å². The Morgan fingerprint density at radius 3 is 1.11 bits per heavy atom. The van der Waals surface area contributed by atoms with E-state index in [9.17, 15) is 0 Å². The zero-order chi connectivity index (χ0) is 47.3. The van der Waals surface area contributed by atoms with Gasteiger partial charge >= 0.3 is 0 Å². The number of benzene rings is 13. The largest absolute Gasteiger partial charge is 0.248 e. The minimum atomic E-state index is 0.936. The first-order chi connectivity index (χ1) is 35.7. The van der Waals surface area contributed by atoms with Crippen LogP contribution in [0.1, 0.15) is 0 Å². The Balaban J connectivity index is 0.971. The second-order valence-corrected chi connectivity index (χ2v) is 19.1. The van der Waals surface area contributed by atoms with Crippen molar-refractivity contribution >= 4 is 97.2 Å². The quantitative estimate of drug-likeness (QED) is 0.161. The van der Waals surface area contributed by atoms with Gasteiger partial charge in [0, 0.05) is 27.3 Å². The number of nitrogens with zero attached hydrogens (tertiary/aromatic N) is 2. The Morgan fingerprint density at radius 2 is 0.542 bits per heavy atom. The summed E-state index contributed by atoms with van der Waals surface area (Å²) in [6.45, 7) is 0. The molecule has 72 heavy (non-hydrogen) atoms. The van der Waals surface area contributed by atoms with E-state index in [0.717, 1.165) is 60.8 Å². The maximum atomic E-state index is 5.69. The van der Waals surface area contributed by atoms with Crippen LogP contribution >= 0.6 is 0 Å². The summed E-state index contributed by atoms with van der Waals surface area (Å²) in [5.41, 5.74) is 13.0. The monoisotopic (exact) mass is 910 g/mol. The van der Waals surface area contributed by atoms with E-state index < -0.39 is 0 Å². The fourth-order valence-electron chi connectivity index (χ4n) is 11.8. The van der Waals surface area contributed by atoms with Gasteiger partial charge in [0.25, 0.3) is 0 Å². The topological polar surface area (TPSA) is 25.8 Å². The van der Waals surface area contributed by atoms with Crippen molar-refractivity contribution in [3.8, 4) is 55.9 Å². The summed E-state index contributed by atoms with van der Waals surface area (Å²) < 4.78 is 0. The standard InChI is InChI=1S/C70H42N2/c1-2-16-43(17-3-1)62-41-68(71-67-29-15-14-27-59(62)67)45-32-30-44(31-33-45)63-42-69(47-35-37-58-53-23-7-5-19-49(53)51-21-9-11-25-55(51)65(58)39-47)72-70-60-28-13-12-26-56(60)61(40-66(63)70)46-34-36-57-52-22-6-4-18-48(52)50-20-8-10-24-54(50)64(57)38-46/h1-42H. The summed E-state index contributed by atoms with van der Waals surface area (Å²) in [5, 5.41) is 19.7. The van der Waals surface area contributed by atoms with Crippen molar-refractivity contribution in [3.05, 3.63) is 255 Å². The van der Waals surface area contributed by atoms with E-state index in [1.165, 1.54) is 92.3 Å². The third kappa shape index (κ3) is 6.29. The average molecular weight is 911 g/mol. The normalized spacial score (nSPS) is 11.9. The smallest absolute Gasteiger partial charge is 0.0794 e. The van der Waals surface area contributed by atoms with E-state index in [1.807, 2.05) is 0 Å². The van der Waals surface area contributed by atoms with Gasteiger partial charge in [0.1, 0.15) is 0 Å². The van der Waals surface area contributed by atoms with Crippen molar-refractivity contribution in [2.24, 2.45) is 0 Å². The SMILES string of the molecule is c1ccc(-c2cc(-c3ccc(-c4cc(-c5ccc6c7ccccc7c7ccccc7c6c5)nc5c4cc(-c4ccc6c7ccccc7c7ccccc7c6c4)c4ccccc45)cc3)nc3ccccc23)cc1. The van der Waals surface area contributed by atoms with Gasteiger partial charge in [-0.05, 0) is 140 Å². The number of hydrogen-bond donors (Lipinski definition) is 0. The van der Waals surface area contributed by atoms with E-state index in [1.54, 1.807) is 0 Å². The van der Waals surface area contributed by atoms with Crippen molar-refractivity contribution in [2.75, 3.05) is 0 Å². The fraction of sp³-hybridized carbons (Fsp3) is 0. The summed E-state index contributed by atoms with van der Waals surface area (Å²) in [6.07, 6.45) is 0. The van der Waals surface area contributed by atoms with Crippen LogP contribution < -0.4 is 0 Å². The minimum absolute atomic E-state index is 0.936. The number of aromatic nitrogens is 2. The lowest BCUT2D eigenvalue weighted by Crippen LogP contribution is -1.94. The molecule has 0 spiro atoms. The second-order valence-electron chi connectivity index (χ2n) is 19.1. The summed E-state index contributed by atoms with van der Waals surface area (Å²) in [5.74, 6) is 0. The highest BCUT2D eigenvalue weighted by atomic mass is 14.7. The molecule has 0 radical (unpaired) electrons. The van der Waals surface area contributed by atoms with Crippen LogP contribution in [0.3, 0.4) is 0 Å². The Labute approximate surface area is 415 Å². The number of fused-ring (bicyclic) bond motifs is 16. The highest BCUT2D eigenvalue weighted by molar-refractivity contribution is 6.27. The van der Waals surface area contributed by atoms with Crippen LogP contribution in [0.25, 0.3) is 153 Å². The van der Waals surface area contributed by atoms with Crippen molar-refractivity contribution in [1.29, 1.82) is 0 Å². The third-order valence-electron chi connectivity index (χ3n) is 15.2. The van der Waals surface area contributed by atoms with Gasteiger partial charge in [0.2, 0.25) is 0 Å². The summed E-state index contributed by atoms with van der Waals surface area (Å²) in [6, 6.07) is 93.1. The van der Waals surface area contributed by atoms with Crippen molar-refractivity contribution in [3.63, 3.8) is 0 Å². The van der Waals surface area contributed by atoms with Crippen LogP contribution in [0.5, 0.6) is 0 Å². The fourth-order valence-corrected chi connectivity index (χ4v) is 11.8. The molecule has 0 aliphatic heterocycles. The van der Waals surface area contributed by atoms with Gasteiger partial charge in [0.05, 0.1) is 22.4 Å². The zero-order valence-corrected chi connectivity index (χ0v) is 39.1. The molecule has 0 saturated carbocycles. The van der Waals surface area contributed by atoms with E-state index in [2.05, 4.69) is 255 Å². The molecule has 2 nitrogen and oxygen atoms in total. The lowest BCUT2D eigenvalue weighted by atomic mass is 9.88. The van der Waals surface area contributed by atoms with Crippen LogP contribution in [0, 0.1) is 0 Å². The molecule has 0 aliphatic rings. The Kier molecular flexibility index (Phi) is 8.99. The van der Waals surface area contributed by atoms with E-state index in [-0.39, 0.29) is 0 Å². The highest BCUT2D eigenvalue weighted by Crippen LogP contribution is 2.44. The lowest BCUT2D eigenvalue weighted by Gasteiger charge is -2.17. The lowest BCUT2D eigenvalue weighted by molar-refractivity contribution is 1.39. The van der Waals surface area contributed by atoms with Gasteiger partial charge in [0.15, 0.2) is 0 Å².